The first-order valence-electron chi connectivity index (χ1n) is 9.04. The van der Waals surface area contributed by atoms with Gasteiger partial charge in [-0.15, -0.1) is 11.3 Å². The second-order valence-corrected chi connectivity index (χ2v) is 7.62. The van der Waals surface area contributed by atoms with E-state index >= 15 is 0 Å². The summed E-state index contributed by atoms with van der Waals surface area (Å²) in [6.07, 6.45) is 6.54. The first-order chi connectivity index (χ1) is 13.2. The molecular formula is C24H22O2S. The van der Waals surface area contributed by atoms with Crippen molar-refractivity contribution in [1.29, 1.82) is 0 Å². The van der Waals surface area contributed by atoms with Crippen molar-refractivity contribution in [2.24, 2.45) is 0 Å². The van der Waals surface area contributed by atoms with Gasteiger partial charge in [-0.25, -0.2) is 0 Å². The molecule has 1 heterocycles. The third-order valence-corrected chi connectivity index (χ3v) is 6.11. The molecule has 1 aliphatic rings. The standard InChI is InChI=1S/C24H22O2S/c1-26-24(15-12-19(13-16-24)18-8-4-2-5-9-18)21-14-17-27-23(21)22(25)20-10-6-3-7-11-20/h2-15,17,22,25H,16H2,1H3. The number of aliphatic hydroxyl groups is 1. The van der Waals surface area contributed by atoms with Gasteiger partial charge in [0.15, 0.2) is 0 Å². The summed E-state index contributed by atoms with van der Waals surface area (Å²) in [5, 5.41) is 13.0. The van der Waals surface area contributed by atoms with Crippen LogP contribution in [0.2, 0.25) is 0 Å². The summed E-state index contributed by atoms with van der Waals surface area (Å²) in [4.78, 5) is 0.935. The van der Waals surface area contributed by atoms with Gasteiger partial charge >= 0.3 is 0 Å². The number of hydrogen-bond acceptors (Lipinski definition) is 3. The minimum absolute atomic E-state index is 0.552. The van der Waals surface area contributed by atoms with Crippen LogP contribution >= 0.6 is 11.3 Å². The molecule has 0 bridgehead atoms. The normalized spacial score (nSPS) is 20.3. The van der Waals surface area contributed by atoms with Gasteiger partial charge in [0.25, 0.3) is 0 Å². The van der Waals surface area contributed by atoms with E-state index in [1.165, 1.54) is 11.1 Å². The molecule has 0 amide bonds. The maximum Gasteiger partial charge on any atom is 0.116 e. The molecule has 2 aromatic carbocycles. The third-order valence-electron chi connectivity index (χ3n) is 5.14. The molecule has 0 fully saturated rings. The molecule has 0 aliphatic heterocycles. The third kappa shape index (κ3) is 3.42. The largest absolute Gasteiger partial charge is 0.383 e. The molecule has 3 heteroatoms. The van der Waals surface area contributed by atoms with Gasteiger partial charge in [0.2, 0.25) is 0 Å². The monoisotopic (exact) mass is 374 g/mol. The molecule has 4 rings (SSSR count). The van der Waals surface area contributed by atoms with E-state index in [-0.39, 0.29) is 0 Å². The number of aliphatic hydroxyl groups excluding tert-OH is 1. The molecule has 0 spiro atoms. The second-order valence-electron chi connectivity index (χ2n) is 6.67. The summed E-state index contributed by atoms with van der Waals surface area (Å²) in [6.45, 7) is 0. The molecular weight excluding hydrogens is 352 g/mol. The SMILES string of the molecule is COC1(c2ccsc2C(O)c2ccccc2)C=CC(c2ccccc2)=CC1. The summed E-state index contributed by atoms with van der Waals surface area (Å²) in [7, 11) is 1.74. The predicted octanol–water partition coefficient (Wildman–Crippen LogP) is 5.72. The number of rotatable bonds is 5. The average molecular weight is 375 g/mol. The Morgan fingerprint density at radius 1 is 1.00 bits per heavy atom. The zero-order valence-electron chi connectivity index (χ0n) is 15.2. The van der Waals surface area contributed by atoms with E-state index in [2.05, 4.69) is 48.6 Å². The summed E-state index contributed by atoms with van der Waals surface area (Å²) in [6, 6.07) is 22.2. The lowest BCUT2D eigenvalue weighted by molar-refractivity contribution is 0.0292. The Labute approximate surface area is 164 Å². The highest BCUT2D eigenvalue weighted by Gasteiger charge is 2.35. The first-order valence-corrected chi connectivity index (χ1v) is 9.92. The molecule has 27 heavy (non-hydrogen) atoms. The minimum atomic E-state index is -0.652. The zero-order valence-corrected chi connectivity index (χ0v) is 16.0. The maximum absolute atomic E-state index is 10.9. The number of methoxy groups -OCH3 is 1. The molecule has 3 aromatic rings. The van der Waals surface area contributed by atoms with Crippen molar-refractivity contribution in [2.45, 2.75) is 18.1 Å². The maximum atomic E-state index is 10.9. The fraction of sp³-hybridized carbons (Fsp3) is 0.167. The van der Waals surface area contributed by atoms with E-state index in [1.807, 2.05) is 41.8 Å². The molecule has 0 saturated heterocycles. The molecule has 1 aromatic heterocycles. The molecule has 0 saturated carbocycles. The molecule has 2 atom stereocenters. The summed E-state index contributed by atoms with van der Waals surface area (Å²) in [5.41, 5.74) is 3.78. The van der Waals surface area contributed by atoms with Crippen molar-refractivity contribution in [2.75, 3.05) is 7.11 Å². The Hall–Kier alpha value is -2.46. The fourth-order valence-electron chi connectivity index (χ4n) is 3.60. The quantitative estimate of drug-likeness (QED) is 0.619. The van der Waals surface area contributed by atoms with Crippen LogP contribution in [-0.4, -0.2) is 12.2 Å². The highest BCUT2D eigenvalue weighted by Crippen LogP contribution is 2.43. The van der Waals surface area contributed by atoms with Crippen molar-refractivity contribution in [3.8, 4) is 0 Å². The highest BCUT2D eigenvalue weighted by molar-refractivity contribution is 7.10. The molecule has 2 nitrogen and oxygen atoms in total. The van der Waals surface area contributed by atoms with E-state index in [1.54, 1.807) is 18.4 Å². The summed E-state index contributed by atoms with van der Waals surface area (Å²) in [5.74, 6) is 0. The number of allylic oxidation sites excluding steroid dienone is 2. The Kier molecular flexibility index (Phi) is 5.08. The van der Waals surface area contributed by atoms with Crippen molar-refractivity contribution in [3.05, 3.63) is 112 Å². The van der Waals surface area contributed by atoms with Crippen molar-refractivity contribution in [3.63, 3.8) is 0 Å². The van der Waals surface area contributed by atoms with Gasteiger partial charge in [0, 0.05) is 24.0 Å². The second kappa shape index (κ2) is 7.65. The topological polar surface area (TPSA) is 29.5 Å². The van der Waals surface area contributed by atoms with Crippen LogP contribution in [0.1, 0.15) is 34.1 Å². The van der Waals surface area contributed by atoms with Gasteiger partial charge in [-0.3, -0.25) is 0 Å². The number of thiophene rings is 1. The fourth-order valence-corrected chi connectivity index (χ4v) is 4.58. The number of benzene rings is 2. The Morgan fingerprint density at radius 2 is 1.70 bits per heavy atom. The van der Waals surface area contributed by atoms with Crippen LogP contribution in [0.25, 0.3) is 5.57 Å². The van der Waals surface area contributed by atoms with E-state index in [4.69, 9.17) is 4.74 Å². The van der Waals surface area contributed by atoms with Gasteiger partial charge in [-0.2, -0.15) is 0 Å². The van der Waals surface area contributed by atoms with Crippen molar-refractivity contribution >= 4 is 16.9 Å². The van der Waals surface area contributed by atoms with Gasteiger partial charge in [-0.05, 0) is 34.2 Å². The highest BCUT2D eigenvalue weighted by atomic mass is 32.1. The number of hydrogen-bond donors (Lipinski definition) is 1. The lowest BCUT2D eigenvalue weighted by atomic mass is 9.83. The summed E-state index contributed by atoms with van der Waals surface area (Å²) >= 11 is 1.57. The lowest BCUT2D eigenvalue weighted by Gasteiger charge is -2.32. The zero-order chi connectivity index (χ0) is 18.7. The van der Waals surface area contributed by atoms with E-state index < -0.39 is 11.7 Å². The Morgan fingerprint density at radius 3 is 2.33 bits per heavy atom. The van der Waals surface area contributed by atoms with Crippen LogP contribution in [0.4, 0.5) is 0 Å². The molecule has 2 unspecified atom stereocenters. The van der Waals surface area contributed by atoms with Crippen molar-refractivity contribution < 1.29 is 9.84 Å². The van der Waals surface area contributed by atoms with E-state index in [0.29, 0.717) is 0 Å². The van der Waals surface area contributed by atoms with Gasteiger partial charge < -0.3 is 9.84 Å². The predicted molar refractivity (Wildman–Crippen MR) is 112 cm³/mol. The molecule has 136 valence electrons. The Bertz CT molecular complexity index is 956. The average Bonchev–Trinajstić information content (AvgIpc) is 3.25. The van der Waals surface area contributed by atoms with Crippen LogP contribution in [0.15, 0.2) is 90.3 Å². The van der Waals surface area contributed by atoms with Crippen LogP contribution in [-0.2, 0) is 10.3 Å². The van der Waals surface area contributed by atoms with Crippen LogP contribution < -0.4 is 0 Å². The minimum Gasteiger partial charge on any atom is -0.383 e. The van der Waals surface area contributed by atoms with E-state index in [9.17, 15) is 5.11 Å². The smallest absolute Gasteiger partial charge is 0.116 e. The molecule has 1 N–H and O–H groups in total. The first kappa shape index (κ1) is 17.9. The lowest BCUT2D eigenvalue weighted by Crippen LogP contribution is -2.28. The van der Waals surface area contributed by atoms with Crippen LogP contribution in [0.3, 0.4) is 0 Å². The van der Waals surface area contributed by atoms with Crippen LogP contribution in [0.5, 0.6) is 0 Å². The molecule has 1 aliphatic carbocycles. The Balaban J connectivity index is 1.67. The van der Waals surface area contributed by atoms with Crippen LogP contribution in [0, 0.1) is 0 Å². The number of ether oxygens (including phenoxy) is 1. The van der Waals surface area contributed by atoms with Crippen molar-refractivity contribution in [1.82, 2.24) is 0 Å². The van der Waals surface area contributed by atoms with Gasteiger partial charge in [0.05, 0.1) is 0 Å². The summed E-state index contributed by atoms with van der Waals surface area (Å²) < 4.78 is 6.00. The van der Waals surface area contributed by atoms with E-state index in [0.717, 1.165) is 22.4 Å². The van der Waals surface area contributed by atoms with Gasteiger partial charge in [0.1, 0.15) is 11.7 Å². The molecule has 0 radical (unpaired) electrons. The van der Waals surface area contributed by atoms with Gasteiger partial charge in [-0.1, -0.05) is 72.8 Å².